The maximum absolute atomic E-state index is 13.6. The highest BCUT2D eigenvalue weighted by atomic mass is 35.5. The van der Waals surface area contributed by atoms with Crippen molar-refractivity contribution in [3.8, 4) is 0 Å². The summed E-state index contributed by atoms with van der Waals surface area (Å²) in [4.78, 5) is 13.9. The van der Waals surface area contributed by atoms with Crippen molar-refractivity contribution in [3.63, 3.8) is 0 Å². The van der Waals surface area contributed by atoms with Gasteiger partial charge in [0.05, 0.1) is 20.4 Å². The van der Waals surface area contributed by atoms with Crippen LogP contribution in [0.5, 0.6) is 0 Å². The molecular formula is C17H15ClF3N3O3S. The number of guanidine groups is 1. The number of hydrogen-bond donors (Lipinski definition) is 2. The summed E-state index contributed by atoms with van der Waals surface area (Å²) in [5.74, 6) is -1.74. The zero-order valence-corrected chi connectivity index (χ0v) is 16.0. The molecule has 0 aliphatic carbocycles. The number of carbonyl (C=O) groups is 1. The fraction of sp³-hybridized carbons (Fsp3) is 0.176. The Hall–Kier alpha value is -2.59. The van der Waals surface area contributed by atoms with Gasteiger partial charge >= 0.3 is 6.18 Å². The van der Waals surface area contributed by atoms with Crippen molar-refractivity contribution in [1.82, 2.24) is 0 Å². The average molecular weight is 434 g/mol. The van der Waals surface area contributed by atoms with Crippen LogP contribution in [-0.4, -0.2) is 20.3 Å². The first-order valence-corrected chi connectivity index (χ1v) is 9.63. The van der Waals surface area contributed by atoms with Crippen LogP contribution in [0.4, 0.5) is 13.2 Å². The third-order valence-electron chi connectivity index (χ3n) is 3.77. The lowest BCUT2D eigenvalue weighted by molar-refractivity contribution is -0.139. The summed E-state index contributed by atoms with van der Waals surface area (Å²) in [7, 11) is -4.63. The van der Waals surface area contributed by atoms with Gasteiger partial charge in [0, 0.05) is 5.56 Å². The summed E-state index contributed by atoms with van der Waals surface area (Å²) >= 11 is 5.88. The smallest absolute Gasteiger partial charge is 0.370 e. The van der Waals surface area contributed by atoms with Crippen molar-refractivity contribution in [2.24, 2.45) is 16.5 Å². The summed E-state index contributed by atoms with van der Waals surface area (Å²) in [6.07, 6.45) is -5.01. The topological polar surface area (TPSA) is 116 Å². The molecule has 11 heteroatoms. The summed E-state index contributed by atoms with van der Waals surface area (Å²) < 4.78 is 66.8. The van der Waals surface area contributed by atoms with Crippen LogP contribution in [0.1, 0.15) is 28.4 Å². The van der Waals surface area contributed by atoms with E-state index in [1.165, 1.54) is 18.2 Å². The molecule has 0 unspecified atom stereocenters. The summed E-state index contributed by atoms with van der Waals surface area (Å²) in [6, 6.07) is 6.37. The summed E-state index contributed by atoms with van der Waals surface area (Å²) in [5.41, 5.74) is 8.30. The van der Waals surface area contributed by atoms with E-state index in [2.05, 4.69) is 4.99 Å². The number of alkyl halides is 3. The van der Waals surface area contributed by atoms with Gasteiger partial charge in [0.2, 0.25) is 9.84 Å². The molecule has 0 fully saturated rings. The zero-order valence-electron chi connectivity index (χ0n) is 14.4. The SMILES string of the molecule is CCc1cc(S(=O)(=O)c2ccccc2Cl)c(C(F)(F)F)cc1C(=O)N=C(N)N. The van der Waals surface area contributed by atoms with Gasteiger partial charge in [-0.15, -0.1) is 0 Å². The molecule has 2 rings (SSSR count). The third-order valence-corrected chi connectivity index (χ3v) is 6.06. The minimum absolute atomic E-state index is 0.0358. The second-order valence-corrected chi connectivity index (χ2v) is 7.93. The van der Waals surface area contributed by atoms with Crippen LogP contribution < -0.4 is 11.5 Å². The highest BCUT2D eigenvalue weighted by Gasteiger charge is 2.39. The molecule has 0 spiro atoms. The van der Waals surface area contributed by atoms with E-state index >= 15 is 0 Å². The van der Waals surface area contributed by atoms with E-state index in [9.17, 15) is 26.4 Å². The van der Waals surface area contributed by atoms with Crippen molar-refractivity contribution in [1.29, 1.82) is 0 Å². The Morgan fingerprint density at radius 1 is 1.14 bits per heavy atom. The first-order chi connectivity index (χ1) is 12.9. The van der Waals surface area contributed by atoms with Gasteiger partial charge in [0.15, 0.2) is 5.96 Å². The molecule has 0 atom stereocenters. The Morgan fingerprint density at radius 2 is 1.75 bits per heavy atom. The Morgan fingerprint density at radius 3 is 2.25 bits per heavy atom. The number of benzene rings is 2. The fourth-order valence-corrected chi connectivity index (χ4v) is 4.54. The average Bonchev–Trinajstić information content (AvgIpc) is 2.59. The Kier molecular flexibility index (Phi) is 6.05. The molecule has 0 radical (unpaired) electrons. The van der Waals surface area contributed by atoms with E-state index in [4.69, 9.17) is 23.1 Å². The number of sulfone groups is 1. The van der Waals surface area contributed by atoms with Gasteiger partial charge in [0.1, 0.15) is 0 Å². The molecule has 1 amide bonds. The predicted molar refractivity (Wildman–Crippen MR) is 97.9 cm³/mol. The Bertz CT molecular complexity index is 1060. The van der Waals surface area contributed by atoms with Gasteiger partial charge in [-0.1, -0.05) is 30.7 Å². The minimum Gasteiger partial charge on any atom is -0.370 e. The fourth-order valence-electron chi connectivity index (χ4n) is 2.52. The highest BCUT2D eigenvalue weighted by molar-refractivity contribution is 7.91. The first kappa shape index (κ1) is 21.7. The van der Waals surface area contributed by atoms with Crippen LogP contribution in [0.25, 0.3) is 0 Å². The molecule has 2 aromatic rings. The molecule has 6 nitrogen and oxygen atoms in total. The molecule has 0 saturated carbocycles. The maximum Gasteiger partial charge on any atom is 0.417 e. The summed E-state index contributed by atoms with van der Waals surface area (Å²) in [6.45, 7) is 1.54. The normalized spacial score (nSPS) is 11.9. The maximum atomic E-state index is 13.6. The summed E-state index contributed by atoms with van der Waals surface area (Å²) in [5, 5.41) is -0.227. The third kappa shape index (κ3) is 4.28. The Balaban J connectivity index is 2.87. The lowest BCUT2D eigenvalue weighted by Gasteiger charge is -2.17. The van der Waals surface area contributed by atoms with E-state index in [1.54, 1.807) is 6.92 Å². The number of amides is 1. The van der Waals surface area contributed by atoms with Gasteiger partial charge in [-0.05, 0) is 36.2 Å². The number of aryl methyl sites for hydroxylation is 1. The molecule has 4 N–H and O–H groups in total. The van der Waals surface area contributed by atoms with Gasteiger partial charge < -0.3 is 11.5 Å². The van der Waals surface area contributed by atoms with Gasteiger partial charge in [-0.2, -0.15) is 18.2 Å². The number of aliphatic imine (C=N–C) groups is 1. The van der Waals surface area contributed by atoms with Crippen LogP contribution in [0, 0.1) is 0 Å². The monoisotopic (exact) mass is 433 g/mol. The lowest BCUT2D eigenvalue weighted by atomic mass is 10.0. The van der Waals surface area contributed by atoms with Crippen molar-refractivity contribution < 1.29 is 26.4 Å². The van der Waals surface area contributed by atoms with Crippen LogP contribution in [-0.2, 0) is 22.4 Å². The Labute approximate surface area is 163 Å². The van der Waals surface area contributed by atoms with E-state index < -0.39 is 48.8 Å². The van der Waals surface area contributed by atoms with Crippen LogP contribution in [0.15, 0.2) is 51.2 Å². The lowest BCUT2D eigenvalue weighted by Crippen LogP contribution is -2.25. The quantitative estimate of drug-likeness (QED) is 0.567. The van der Waals surface area contributed by atoms with Crippen LogP contribution in [0.2, 0.25) is 5.02 Å². The second kappa shape index (κ2) is 7.80. The standard InChI is InChI=1S/C17H15ClF3N3O3S/c1-2-9-7-14(28(26,27)13-6-4-3-5-12(13)18)11(17(19,20)21)8-10(9)15(25)24-16(22)23/h3-8H,2H2,1H3,(H4,22,23,24,25). The van der Waals surface area contributed by atoms with Gasteiger partial charge in [-0.25, -0.2) is 8.42 Å². The van der Waals surface area contributed by atoms with Crippen molar-refractivity contribution >= 4 is 33.3 Å². The molecule has 2 aromatic carbocycles. The predicted octanol–water partition coefficient (Wildman–Crippen LogP) is 3.17. The number of halogens is 4. The number of hydrogen-bond acceptors (Lipinski definition) is 3. The van der Waals surface area contributed by atoms with Gasteiger partial charge in [0.25, 0.3) is 5.91 Å². The molecule has 150 valence electrons. The first-order valence-electron chi connectivity index (χ1n) is 7.77. The van der Waals surface area contributed by atoms with Crippen LogP contribution in [0.3, 0.4) is 0 Å². The molecule has 0 heterocycles. The van der Waals surface area contributed by atoms with Crippen molar-refractivity contribution in [2.45, 2.75) is 29.3 Å². The van der Waals surface area contributed by atoms with E-state index in [-0.39, 0.29) is 17.0 Å². The molecule has 0 saturated heterocycles. The number of carbonyl (C=O) groups excluding carboxylic acids is 1. The zero-order chi connectivity index (χ0) is 21.3. The van der Waals surface area contributed by atoms with E-state index in [0.29, 0.717) is 6.07 Å². The molecular weight excluding hydrogens is 419 g/mol. The van der Waals surface area contributed by atoms with E-state index in [1.807, 2.05) is 0 Å². The largest absolute Gasteiger partial charge is 0.417 e. The molecule has 0 aliphatic rings. The number of nitrogens with zero attached hydrogens (tertiary/aromatic N) is 1. The van der Waals surface area contributed by atoms with Crippen molar-refractivity contribution in [2.75, 3.05) is 0 Å². The van der Waals surface area contributed by atoms with Crippen LogP contribution >= 0.6 is 11.6 Å². The van der Waals surface area contributed by atoms with E-state index in [0.717, 1.165) is 12.1 Å². The number of nitrogens with two attached hydrogens (primary N) is 2. The number of rotatable bonds is 4. The highest BCUT2D eigenvalue weighted by Crippen LogP contribution is 2.39. The van der Waals surface area contributed by atoms with Crippen molar-refractivity contribution in [3.05, 3.63) is 58.1 Å². The van der Waals surface area contributed by atoms with Gasteiger partial charge in [-0.3, -0.25) is 4.79 Å². The minimum atomic E-state index is -5.07. The molecule has 28 heavy (non-hydrogen) atoms. The second-order valence-electron chi connectivity index (χ2n) is 5.63. The molecule has 0 aliphatic heterocycles. The molecule has 0 bridgehead atoms. The molecule has 0 aromatic heterocycles.